The molecular weight excluding hydrogens is 437 g/mol. The van der Waals surface area contributed by atoms with E-state index < -0.39 is 43.9 Å². The summed E-state index contributed by atoms with van der Waals surface area (Å²) in [5, 5.41) is 17.8. The topological polar surface area (TPSA) is 160 Å². The lowest BCUT2D eigenvalue weighted by molar-refractivity contribution is -0.308. The van der Waals surface area contributed by atoms with Crippen molar-refractivity contribution in [3.63, 3.8) is 0 Å². The van der Waals surface area contributed by atoms with Gasteiger partial charge in [-0.2, -0.15) is 0 Å². The molecule has 0 saturated carbocycles. The molecule has 11 heteroatoms. The van der Waals surface area contributed by atoms with E-state index in [4.69, 9.17) is 4.74 Å². The minimum atomic E-state index is -4.42. The van der Waals surface area contributed by atoms with Gasteiger partial charge >= 0.3 is 6.09 Å². The SMILES string of the molecule is C[C@H](NP(=O)([O-])CNC(=O)OCc1ccccc1)C(=O)N[C@@H](Cc1ccccc1)C(=O)[O-]. The number of carboxylic acids is 1. The molecule has 0 aliphatic rings. The van der Waals surface area contributed by atoms with E-state index in [1.807, 2.05) is 0 Å². The van der Waals surface area contributed by atoms with Crippen molar-refractivity contribution in [3.8, 4) is 0 Å². The number of amides is 2. The van der Waals surface area contributed by atoms with Crippen molar-refractivity contribution < 1.29 is 33.7 Å². The number of hydrogen-bond donors (Lipinski definition) is 3. The van der Waals surface area contributed by atoms with Crippen LogP contribution in [0.2, 0.25) is 0 Å². The summed E-state index contributed by atoms with van der Waals surface area (Å²) < 4.78 is 17.1. The minimum Gasteiger partial charge on any atom is -0.787 e. The maximum Gasteiger partial charge on any atom is 0.407 e. The van der Waals surface area contributed by atoms with E-state index in [0.717, 1.165) is 5.56 Å². The number of hydrogen-bond acceptors (Lipinski definition) is 7. The van der Waals surface area contributed by atoms with Crippen LogP contribution in [0, 0.1) is 0 Å². The molecule has 0 saturated heterocycles. The number of rotatable bonds is 11. The number of benzene rings is 2. The van der Waals surface area contributed by atoms with Gasteiger partial charge in [0.1, 0.15) is 6.61 Å². The monoisotopic (exact) mass is 461 g/mol. The lowest BCUT2D eigenvalue weighted by Crippen LogP contribution is -2.53. The molecule has 0 bridgehead atoms. The third kappa shape index (κ3) is 8.89. The molecule has 2 rings (SSSR count). The molecule has 2 amide bonds. The molecule has 172 valence electrons. The van der Waals surface area contributed by atoms with Gasteiger partial charge in [0.25, 0.3) is 0 Å². The summed E-state index contributed by atoms with van der Waals surface area (Å²) in [7, 11) is -4.42. The van der Waals surface area contributed by atoms with Crippen molar-refractivity contribution in [1.82, 2.24) is 15.7 Å². The smallest absolute Gasteiger partial charge is 0.407 e. The normalized spacial score (nSPS) is 14.4. The molecule has 32 heavy (non-hydrogen) atoms. The Balaban J connectivity index is 1.81. The van der Waals surface area contributed by atoms with Crippen LogP contribution < -0.4 is 25.7 Å². The number of carboxylic acid groups (broad SMARTS) is 1. The summed E-state index contributed by atoms with van der Waals surface area (Å²) in [6, 6.07) is 14.8. The van der Waals surface area contributed by atoms with Gasteiger partial charge < -0.3 is 34.7 Å². The number of carbonyl (C=O) groups is 3. The van der Waals surface area contributed by atoms with Gasteiger partial charge in [-0.1, -0.05) is 60.7 Å². The van der Waals surface area contributed by atoms with Gasteiger partial charge in [0.05, 0.1) is 31.9 Å². The van der Waals surface area contributed by atoms with Gasteiger partial charge in [0, 0.05) is 0 Å². The Morgan fingerprint density at radius 2 is 1.56 bits per heavy atom. The van der Waals surface area contributed by atoms with Crippen molar-refractivity contribution in [2.45, 2.75) is 32.0 Å². The zero-order chi connectivity index (χ0) is 23.6. The van der Waals surface area contributed by atoms with Crippen LogP contribution in [0.1, 0.15) is 18.1 Å². The molecule has 0 aromatic heterocycles. The maximum absolute atomic E-state index is 12.3. The van der Waals surface area contributed by atoms with Crippen molar-refractivity contribution in [1.29, 1.82) is 0 Å². The molecule has 2 aromatic carbocycles. The molecule has 10 nitrogen and oxygen atoms in total. The first-order valence-corrected chi connectivity index (χ1v) is 11.5. The lowest BCUT2D eigenvalue weighted by Gasteiger charge is -2.29. The summed E-state index contributed by atoms with van der Waals surface area (Å²) in [6.45, 7) is 1.22. The highest BCUT2D eigenvalue weighted by atomic mass is 31.2. The second-order valence-electron chi connectivity index (χ2n) is 6.99. The van der Waals surface area contributed by atoms with E-state index in [9.17, 15) is 28.9 Å². The molecule has 0 aliphatic carbocycles. The van der Waals surface area contributed by atoms with Crippen LogP contribution in [0.25, 0.3) is 0 Å². The molecule has 2 aromatic rings. The predicted octanol–water partition coefficient (Wildman–Crippen LogP) is -0.121. The Morgan fingerprint density at radius 1 is 1.00 bits per heavy atom. The average Bonchev–Trinajstić information content (AvgIpc) is 2.77. The van der Waals surface area contributed by atoms with Gasteiger partial charge in [-0.15, -0.1) is 0 Å². The largest absolute Gasteiger partial charge is 0.787 e. The highest BCUT2D eigenvalue weighted by molar-refractivity contribution is 7.54. The Hall–Kier alpha value is -3.20. The van der Waals surface area contributed by atoms with Gasteiger partial charge in [0.15, 0.2) is 0 Å². The highest BCUT2D eigenvalue weighted by Gasteiger charge is 2.22. The quantitative estimate of drug-likeness (QED) is 0.391. The van der Waals surface area contributed by atoms with Crippen LogP contribution in [-0.2, 0) is 31.9 Å². The van der Waals surface area contributed by atoms with Crippen molar-refractivity contribution >= 4 is 25.5 Å². The third-order valence-corrected chi connectivity index (χ3v) is 5.67. The van der Waals surface area contributed by atoms with Crippen molar-refractivity contribution in [2.75, 3.05) is 6.29 Å². The molecule has 0 aliphatic heterocycles. The zero-order valence-corrected chi connectivity index (χ0v) is 18.2. The molecule has 0 radical (unpaired) electrons. The molecule has 3 N–H and O–H groups in total. The summed E-state index contributed by atoms with van der Waals surface area (Å²) in [5.41, 5.74) is 1.39. The van der Waals surface area contributed by atoms with Crippen LogP contribution in [0.4, 0.5) is 4.79 Å². The molecule has 0 spiro atoms. The van der Waals surface area contributed by atoms with Crippen LogP contribution in [-0.4, -0.2) is 36.3 Å². The number of carbonyl (C=O) groups excluding carboxylic acids is 3. The van der Waals surface area contributed by atoms with E-state index in [1.165, 1.54) is 6.92 Å². The van der Waals surface area contributed by atoms with Crippen LogP contribution in [0.5, 0.6) is 0 Å². The molecule has 3 atom stereocenters. The standard InChI is InChI=1S/C21H26N3O7P/c1-15(19(25)23-18(20(26)27)12-16-8-4-2-5-9-16)24-32(29,30)14-22-21(28)31-13-17-10-6-3-7-11-17/h2-11,15,18H,12-14H2,1H3,(H,22,28)(H,23,25)(H,26,27)(H2,24,29,30)/p-2/t15-,18-/m0/s1. The Labute approximate surface area is 185 Å². The Morgan fingerprint density at radius 3 is 2.12 bits per heavy atom. The summed E-state index contributed by atoms with van der Waals surface area (Å²) in [6.07, 6.45) is -1.76. The minimum absolute atomic E-state index is 0.0223. The molecule has 1 unspecified atom stereocenters. The maximum atomic E-state index is 12.3. The molecule has 0 heterocycles. The Bertz CT molecular complexity index is 956. The summed E-state index contributed by atoms with van der Waals surface area (Å²) in [4.78, 5) is 47.5. The zero-order valence-electron chi connectivity index (χ0n) is 17.4. The first-order valence-electron chi connectivity index (χ1n) is 9.74. The van der Waals surface area contributed by atoms with Crippen LogP contribution >= 0.6 is 7.52 Å². The highest BCUT2D eigenvalue weighted by Crippen LogP contribution is 2.28. The third-order valence-electron chi connectivity index (χ3n) is 4.31. The van der Waals surface area contributed by atoms with Gasteiger partial charge in [-0.25, -0.2) is 4.79 Å². The van der Waals surface area contributed by atoms with E-state index in [0.29, 0.717) is 5.56 Å². The molecular formula is C21H24N3O7P-2. The number of nitrogens with one attached hydrogen (secondary N) is 3. The van der Waals surface area contributed by atoms with E-state index in [1.54, 1.807) is 60.7 Å². The lowest BCUT2D eigenvalue weighted by atomic mass is 10.1. The first-order chi connectivity index (χ1) is 15.2. The second-order valence-corrected chi connectivity index (χ2v) is 8.91. The van der Waals surface area contributed by atoms with E-state index in [2.05, 4.69) is 15.7 Å². The molecule has 0 fully saturated rings. The average molecular weight is 461 g/mol. The van der Waals surface area contributed by atoms with Gasteiger partial charge in [-0.3, -0.25) is 9.88 Å². The van der Waals surface area contributed by atoms with Crippen molar-refractivity contribution in [3.05, 3.63) is 71.8 Å². The fourth-order valence-electron chi connectivity index (χ4n) is 2.68. The van der Waals surface area contributed by atoms with Gasteiger partial charge in [0.2, 0.25) is 5.91 Å². The number of ether oxygens (including phenoxy) is 1. The van der Waals surface area contributed by atoms with E-state index in [-0.39, 0.29) is 13.0 Å². The fraction of sp³-hybridized carbons (Fsp3) is 0.286. The Kier molecular flexibility index (Phi) is 9.39. The van der Waals surface area contributed by atoms with E-state index >= 15 is 0 Å². The van der Waals surface area contributed by atoms with Crippen LogP contribution in [0.3, 0.4) is 0 Å². The fourth-order valence-corrected chi connectivity index (χ4v) is 3.82. The van der Waals surface area contributed by atoms with Crippen LogP contribution in [0.15, 0.2) is 60.7 Å². The number of aliphatic carboxylic acids is 1. The first kappa shape index (κ1) is 25.1. The second kappa shape index (κ2) is 12.0. The predicted molar refractivity (Wildman–Crippen MR) is 112 cm³/mol. The number of alkyl carbamates (subject to hydrolysis) is 1. The summed E-state index contributed by atoms with van der Waals surface area (Å²) in [5.74, 6) is -2.35. The van der Waals surface area contributed by atoms with Crippen molar-refractivity contribution in [2.24, 2.45) is 0 Å². The van der Waals surface area contributed by atoms with Gasteiger partial charge in [-0.05, 0) is 24.5 Å². The summed E-state index contributed by atoms with van der Waals surface area (Å²) >= 11 is 0.